The van der Waals surface area contributed by atoms with Crippen molar-refractivity contribution in [1.29, 1.82) is 0 Å². The summed E-state index contributed by atoms with van der Waals surface area (Å²) in [5.74, 6) is 4.94. The number of anilines is 1. The van der Waals surface area contributed by atoms with E-state index in [1.807, 2.05) is 0 Å². The molecule has 0 aliphatic rings. The fraction of sp³-hybridized carbons (Fsp3) is 0.357. The molecule has 0 saturated carbocycles. The van der Waals surface area contributed by atoms with Crippen LogP contribution in [0.3, 0.4) is 0 Å². The zero-order valence-electron chi connectivity index (χ0n) is 11.8. The summed E-state index contributed by atoms with van der Waals surface area (Å²) >= 11 is 0. The number of nitrogens with one attached hydrogen (secondary N) is 1. The molecule has 114 valence electrons. The van der Waals surface area contributed by atoms with Crippen molar-refractivity contribution in [3.8, 4) is 11.8 Å². The molecule has 0 saturated heterocycles. The number of rotatable bonds is 6. The fourth-order valence-corrected chi connectivity index (χ4v) is 2.67. The van der Waals surface area contributed by atoms with Crippen LogP contribution >= 0.6 is 0 Å². The predicted molar refractivity (Wildman–Crippen MR) is 81.0 cm³/mol. The second-order valence-corrected chi connectivity index (χ2v) is 6.03. The molecular weight excluding hydrogens is 292 g/mol. The van der Waals surface area contributed by atoms with Crippen molar-refractivity contribution in [2.24, 2.45) is 5.73 Å². The first kappa shape index (κ1) is 17.0. The number of hydrogen-bond donors (Lipinski definition) is 2. The summed E-state index contributed by atoms with van der Waals surface area (Å²) in [4.78, 5) is 10.9. The molecule has 21 heavy (non-hydrogen) atoms. The zero-order valence-corrected chi connectivity index (χ0v) is 12.6. The predicted octanol–water partition coefficient (Wildman–Crippen LogP) is 0.692. The van der Waals surface area contributed by atoms with Crippen LogP contribution in [0.4, 0.5) is 5.69 Å². The molecule has 1 aromatic carbocycles. The molecule has 0 fully saturated rings. The summed E-state index contributed by atoms with van der Waals surface area (Å²) in [6, 6.07) is 6.72. The maximum atomic E-state index is 11.9. The van der Waals surface area contributed by atoms with Crippen LogP contribution in [0.1, 0.15) is 18.4 Å². The quantitative estimate of drug-likeness (QED) is 0.595. The van der Waals surface area contributed by atoms with Gasteiger partial charge in [-0.15, -0.1) is 0 Å². The molecule has 6 nitrogen and oxygen atoms in total. The van der Waals surface area contributed by atoms with Crippen LogP contribution in [0, 0.1) is 11.8 Å². The van der Waals surface area contributed by atoms with Crippen molar-refractivity contribution < 1.29 is 17.9 Å². The fourth-order valence-electron chi connectivity index (χ4n) is 1.55. The molecule has 7 heteroatoms. The smallest absolute Gasteiger partial charge is 0.305 e. The molecule has 0 radical (unpaired) electrons. The lowest BCUT2D eigenvalue weighted by Crippen LogP contribution is -2.17. The number of esters is 1. The highest BCUT2D eigenvalue weighted by molar-refractivity contribution is 7.92. The summed E-state index contributed by atoms with van der Waals surface area (Å²) < 4.78 is 30.7. The Kier molecular flexibility index (Phi) is 6.72. The van der Waals surface area contributed by atoms with Crippen molar-refractivity contribution >= 4 is 21.7 Å². The van der Waals surface area contributed by atoms with Gasteiger partial charge in [0.25, 0.3) is 0 Å². The van der Waals surface area contributed by atoms with Gasteiger partial charge in [0, 0.05) is 17.7 Å². The van der Waals surface area contributed by atoms with Crippen molar-refractivity contribution in [2.45, 2.75) is 12.8 Å². The van der Waals surface area contributed by atoms with Gasteiger partial charge in [0.15, 0.2) is 0 Å². The van der Waals surface area contributed by atoms with Gasteiger partial charge in [-0.1, -0.05) is 17.9 Å². The third kappa shape index (κ3) is 6.79. The highest BCUT2D eigenvalue weighted by Gasteiger charge is 2.12. The second-order valence-electron chi connectivity index (χ2n) is 4.19. The van der Waals surface area contributed by atoms with E-state index in [4.69, 9.17) is 5.73 Å². The normalized spacial score (nSPS) is 10.4. The number of nitrogens with two attached hydrogens (primary N) is 1. The maximum Gasteiger partial charge on any atom is 0.305 e. The summed E-state index contributed by atoms with van der Waals surface area (Å²) in [7, 11) is -2.24. The highest BCUT2D eigenvalue weighted by atomic mass is 32.2. The van der Waals surface area contributed by atoms with Crippen LogP contribution in [0.15, 0.2) is 24.3 Å². The first-order valence-electron chi connectivity index (χ1n) is 6.33. The Bertz CT molecular complexity index is 644. The number of methoxy groups -OCH3 is 1. The molecule has 0 spiro atoms. The summed E-state index contributed by atoms with van der Waals surface area (Å²) in [5.41, 5.74) is 6.39. The van der Waals surface area contributed by atoms with Crippen LogP contribution in [0.25, 0.3) is 0 Å². The number of carbonyl (C=O) groups excluding carboxylic acids is 1. The lowest BCUT2D eigenvalue weighted by Gasteiger charge is -2.08. The first-order chi connectivity index (χ1) is 9.96. The van der Waals surface area contributed by atoms with E-state index < -0.39 is 16.0 Å². The molecule has 0 aromatic heterocycles. The number of benzene rings is 1. The summed E-state index contributed by atoms with van der Waals surface area (Å²) in [6.07, 6.45) is 0.272. The Morgan fingerprint density at radius 2 is 2.19 bits per heavy atom. The molecule has 1 rings (SSSR count). The van der Waals surface area contributed by atoms with Gasteiger partial charge in [0.2, 0.25) is 10.0 Å². The van der Waals surface area contributed by atoms with Gasteiger partial charge in [0.1, 0.15) is 0 Å². The standard InChI is InChI=1S/C14H18N2O4S/c1-20-14(17)8-4-10-21(18,19)16-13-7-2-5-12(11-13)6-3-9-15/h2,5,7,11,16H,4,8-10,15H2,1H3. The molecule has 1 aromatic rings. The lowest BCUT2D eigenvalue weighted by atomic mass is 10.2. The van der Waals surface area contributed by atoms with E-state index in [0.717, 1.165) is 0 Å². The van der Waals surface area contributed by atoms with Crippen LogP contribution in [0.5, 0.6) is 0 Å². The molecule has 0 aliphatic carbocycles. The van der Waals surface area contributed by atoms with Crippen molar-refractivity contribution in [2.75, 3.05) is 24.1 Å². The van der Waals surface area contributed by atoms with Gasteiger partial charge in [-0.25, -0.2) is 8.42 Å². The Labute approximate surface area is 124 Å². The minimum absolute atomic E-state index is 0.0689. The van der Waals surface area contributed by atoms with Gasteiger partial charge in [0.05, 0.1) is 19.4 Å². The van der Waals surface area contributed by atoms with Crippen LogP contribution in [0.2, 0.25) is 0 Å². The van der Waals surface area contributed by atoms with Crippen LogP contribution in [-0.4, -0.2) is 33.8 Å². The molecule has 0 amide bonds. The molecule has 0 heterocycles. The monoisotopic (exact) mass is 310 g/mol. The first-order valence-corrected chi connectivity index (χ1v) is 7.98. The zero-order chi connectivity index (χ0) is 15.7. The Balaban J connectivity index is 2.64. The number of sulfonamides is 1. The number of hydrogen-bond acceptors (Lipinski definition) is 5. The van der Waals surface area contributed by atoms with Gasteiger partial charge in [-0.05, 0) is 24.6 Å². The van der Waals surface area contributed by atoms with Gasteiger partial charge in [-0.3, -0.25) is 9.52 Å². The van der Waals surface area contributed by atoms with Crippen molar-refractivity contribution in [1.82, 2.24) is 0 Å². The maximum absolute atomic E-state index is 11.9. The average Bonchev–Trinajstić information content (AvgIpc) is 2.44. The molecular formula is C14H18N2O4S. The largest absolute Gasteiger partial charge is 0.469 e. The van der Waals surface area contributed by atoms with Gasteiger partial charge in [-0.2, -0.15) is 0 Å². The van der Waals surface area contributed by atoms with Gasteiger partial charge < -0.3 is 10.5 Å². The third-order valence-corrected chi connectivity index (χ3v) is 3.87. The summed E-state index contributed by atoms with van der Waals surface area (Å²) in [5, 5.41) is 0. The molecule has 0 bridgehead atoms. The second kappa shape index (κ2) is 8.29. The lowest BCUT2D eigenvalue weighted by molar-refractivity contribution is -0.140. The highest BCUT2D eigenvalue weighted by Crippen LogP contribution is 2.12. The molecule has 0 unspecified atom stereocenters. The van der Waals surface area contributed by atoms with Crippen LogP contribution in [-0.2, 0) is 19.6 Å². The van der Waals surface area contributed by atoms with E-state index in [1.165, 1.54) is 7.11 Å². The van der Waals surface area contributed by atoms with Gasteiger partial charge >= 0.3 is 5.97 Å². The number of ether oxygens (including phenoxy) is 1. The minimum Gasteiger partial charge on any atom is -0.469 e. The van der Waals surface area contributed by atoms with E-state index >= 15 is 0 Å². The molecule has 0 atom stereocenters. The van der Waals surface area contributed by atoms with E-state index in [-0.39, 0.29) is 25.1 Å². The Morgan fingerprint density at radius 3 is 2.86 bits per heavy atom. The molecule has 0 aliphatic heterocycles. The third-order valence-electron chi connectivity index (χ3n) is 2.49. The topological polar surface area (TPSA) is 98.5 Å². The van der Waals surface area contributed by atoms with E-state index in [9.17, 15) is 13.2 Å². The van der Waals surface area contributed by atoms with Crippen molar-refractivity contribution in [3.63, 3.8) is 0 Å². The van der Waals surface area contributed by atoms with E-state index in [1.54, 1.807) is 24.3 Å². The van der Waals surface area contributed by atoms with Crippen molar-refractivity contribution in [3.05, 3.63) is 29.8 Å². The average molecular weight is 310 g/mol. The Morgan fingerprint density at radius 1 is 1.43 bits per heavy atom. The number of carbonyl (C=O) groups is 1. The molecule has 3 N–H and O–H groups in total. The van der Waals surface area contributed by atoms with E-state index in [0.29, 0.717) is 11.3 Å². The minimum atomic E-state index is -3.51. The Hall–Kier alpha value is -2.04. The SMILES string of the molecule is COC(=O)CCCS(=O)(=O)Nc1cccc(C#CCN)c1. The van der Waals surface area contributed by atoms with Crippen LogP contribution < -0.4 is 10.5 Å². The summed E-state index contributed by atoms with van der Waals surface area (Å²) in [6.45, 7) is 0.240. The van der Waals surface area contributed by atoms with E-state index in [2.05, 4.69) is 21.3 Å².